The van der Waals surface area contributed by atoms with Gasteiger partial charge in [0.15, 0.2) is 5.57 Å². The van der Waals surface area contributed by atoms with E-state index in [9.17, 15) is 24.1 Å². The number of nitrogens with zero attached hydrogens (tertiary/aromatic N) is 3. The molecule has 0 aliphatic heterocycles. The third-order valence-electron chi connectivity index (χ3n) is 4.17. The highest BCUT2D eigenvalue weighted by molar-refractivity contribution is 7.07. The fourth-order valence-corrected chi connectivity index (χ4v) is 3.92. The molecule has 0 N–H and O–H groups in total. The summed E-state index contributed by atoms with van der Waals surface area (Å²) >= 11 is 0.916. The molecule has 0 unspecified atom stereocenters. The van der Waals surface area contributed by atoms with Crippen LogP contribution < -0.4 is 14.8 Å². The zero-order chi connectivity index (χ0) is 20.4. The second kappa shape index (κ2) is 7.59. The Morgan fingerprint density at radius 1 is 1.11 bits per heavy atom. The summed E-state index contributed by atoms with van der Waals surface area (Å²) in [7, 11) is 0. The fraction of sp³-hybridized carbons (Fsp3) is 0.0952. The lowest BCUT2D eigenvalue weighted by Crippen LogP contribution is -2.31. The molecule has 1 aromatic heterocycles. The summed E-state index contributed by atoms with van der Waals surface area (Å²) in [6.45, 7) is 3.63. The Labute approximate surface area is 163 Å². The van der Waals surface area contributed by atoms with Gasteiger partial charge in [-0.2, -0.15) is 10.5 Å². The molecule has 2 aromatic carbocycles. The quantitative estimate of drug-likeness (QED) is 0.672. The van der Waals surface area contributed by atoms with Gasteiger partial charge in [0.25, 0.3) is 5.56 Å². The number of rotatable bonds is 2. The van der Waals surface area contributed by atoms with Crippen LogP contribution in [-0.2, 0) is 0 Å². The van der Waals surface area contributed by atoms with Crippen LogP contribution in [0.2, 0.25) is 0 Å². The van der Waals surface area contributed by atoms with E-state index in [1.807, 2.05) is 44.2 Å². The second-order valence-corrected chi connectivity index (χ2v) is 7.09. The van der Waals surface area contributed by atoms with Crippen LogP contribution in [0.25, 0.3) is 17.3 Å². The number of thiazole rings is 1. The Hall–Kier alpha value is -3.55. The van der Waals surface area contributed by atoms with Crippen LogP contribution >= 0.6 is 11.3 Å². The summed E-state index contributed by atoms with van der Waals surface area (Å²) in [4.78, 5) is 13.1. The maximum absolute atomic E-state index is 14.0. The van der Waals surface area contributed by atoms with E-state index >= 15 is 0 Å². The average molecular weight is 393 g/mol. The number of aryl methyl sites for hydroxylation is 2. The Kier molecular flexibility index (Phi) is 5.21. The van der Waals surface area contributed by atoms with E-state index in [0.29, 0.717) is 5.69 Å². The maximum atomic E-state index is 14.0. The standard InChI is InChI=1S/C21H13F2N3OS/c1-12-4-3-5-13(2)19(12)26-20(27)18(28-21(26)15(10-24)11-25)8-14-6-7-16(22)9-17(14)23/h3-9H,1-2H3/b18-8+. The number of hydrogen-bond acceptors (Lipinski definition) is 4. The summed E-state index contributed by atoms with van der Waals surface area (Å²) in [5, 5.41) is 18.6. The number of nitriles is 2. The van der Waals surface area contributed by atoms with Gasteiger partial charge in [0.1, 0.15) is 28.4 Å². The minimum atomic E-state index is -0.808. The molecule has 0 saturated heterocycles. The van der Waals surface area contributed by atoms with Gasteiger partial charge in [-0.25, -0.2) is 8.78 Å². The molecule has 0 aliphatic rings. The molecule has 3 aromatic rings. The molecule has 4 nitrogen and oxygen atoms in total. The molecule has 0 spiro atoms. The Balaban J connectivity index is 2.47. The van der Waals surface area contributed by atoms with Gasteiger partial charge < -0.3 is 0 Å². The van der Waals surface area contributed by atoms with Crippen molar-refractivity contribution in [3.8, 4) is 17.8 Å². The predicted octanol–water partition coefficient (Wildman–Crippen LogP) is 2.82. The molecular weight excluding hydrogens is 380 g/mol. The summed E-state index contributed by atoms with van der Waals surface area (Å²) in [5.41, 5.74) is 1.48. The van der Waals surface area contributed by atoms with Gasteiger partial charge in [0.05, 0.1) is 10.2 Å². The molecule has 1 heterocycles. The van der Waals surface area contributed by atoms with Crippen LogP contribution in [0, 0.1) is 48.1 Å². The van der Waals surface area contributed by atoms with Crippen molar-refractivity contribution in [1.82, 2.24) is 4.57 Å². The molecule has 0 fully saturated rings. The minimum absolute atomic E-state index is 0.0374. The van der Waals surface area contributed by atoms with Crippen molar-refractivity contribution in [2.24, 2.45) is 0 Å². The number of halogens is 2. The van der Waals surface area contributed by atoms with E-state index in [4.69, 9.17) is 0 Å². The first-order chi connectivity index (χ1) is 13.4. The highest BCUT2D eigenvalue weighted by Gasteiger charge is 2.15. The van der Waals surface area contributed by atoms with Crippen molar-refractivity contribution in [1.29, 1.82) is 10.5 Å². The number of aromatic nitrogens is 1. The second-order valence-electron chi connectivity index (χ2n) is 6.06. The van der Waals surface area contributed by atoms with Crippen molar-refractivity contribution >= 4 is 23.0 Å². The van der Waals surface area contributed by atoms with Crippen molar-refractivity contribution in [3.05, 3.63) is 84.3 Å². The molecule has 0 amide bonds. The Bertz CT molecular complexity index is 1320. The smallest absolute Gasteiger partial charge is 0.267 e. The van der Waals surface area contributed by atoms with Crippen molar-refractivity contribution in [2.45, 2.75) is 13.8 Å². The topological polar surface area (TPSA) is 69.6 Å². The van der Waals surface area contributed by atoms with E-state index in [1.54, 1.807) is 0 Å². The van der Waals surface area contributed by atoms with Crippen LogP contribution in [0.15, 0.2) is 41.2 Å². The molecule has 0 aliphatic carbocycles. The van der Waals surface area contributed by atoms with E-state index in [1.165, 1.54) is 16.7 Å². The maximum Gasteiger partial charge on any atom is 0.273 e. The van der Waals surface area contributed by atoms with E-state index in [-0.39, 0.29) is 20.3 Å². The first kappa shape index (κ1) is 19.2. The highest BCUT2D eigenvalue weighted by atomic mass is 32.1. The first-order valence-electron chi connectivity index (χ1n) is 8.17. The molecule has 0 saturated carbocycles. The first-order valence-corrected chi connectivity index (χ1v) is 8.98. The molecule has 7 heteroatoms. The Morgan fingerprint density at radius 2 is 1.75 bits per heavy atom. The highest BCUT2D eigenvalue weighted by Crippen LogP contribution is 2.16. The average Bonchev–Trinajstić information content (AvgIpc) is 2.95. The third-order valence-corrected chi connectivity index (χ3v) is 5.27. The van der Waals surface area contributed by atoms with Gasteiger partial charge in [0, 0.05) is 11.6 Å². The van der Waals surface area contributed by atoms with Crippen LogP contribution in [0.3, 0.4) is 0 Å². The van der Waals surface area contributed by atoms with Crippen LogP contribution in [0.1, 0.15) is 16.7 Å². The number of hydrogen-bond donors (Lipinski definition) is 0. The van der Waals surface area contributed by atoms with Gasteiger partial charge in [-0.05, 0) is 43.2 Å². The van der Waals surface area contributed by atoms with Gasteiger partial charge in [0.2, 0.25) is 0 Å². The molecule has 3 rings (SSSR count). The van der Waals surface area contributed by atoms with Crippen molar-refractivity contribution < 1.29 is 8.78 Å². The molecule has 0 bridgehead atoms. The van der Waals surface area contributed by atoms with Gasteiger partial charge in [-0.1, -0.05) is 18.2 Å². The van der Waals surface area contributed by atoms with E-state index in [0.717, 1.165) is 34.6 Å². The van der Waals surface area contributed by atoms with Gasteiger partial charge >= 0.3 is 0 Å². The van der Waals surface area contributed by atoms with E-state index < -0.39 is 17.2 Å². The van der Waals surface area contributed by atoms with Crippen molar-refractivity contribution in [3.63, 3.8) is 0 Å². The van der Waals surface area contributed by atoms with Gasteiger partial charge in [-0.15, -0.1) is 11.3 Å². The molecular formula is C21H13F2N3OS. The lowest BCUT2D eigenvalue weighted by Gasteiger charge is -2.10. The van der Waals surface area contributed by atoms with Crippen LogP contribution in [0.5, 0.6) is 0 Å². The zero-order valence-corrected chi connectivity index (χ0v) is 15.8. The summed E-state index contributed by atoms with van der Waals surface area (Å²) in [5.74, 6) is -1.53. The monoisotopic (exact) mass is 393 g/mol. The largest absolute Gasteiger partial charge is 0.273 e. The lowest BCUT2D eigenvalue weighted by atomic mass is 10.1. The van der Waals surface area contributed by atoms with E-state index in [2.05, 4.69) is 0 Å². The SMILES string of the molecule is Cc1cccc(C)c1-n1c(=C(C#N)C#N)s/c(=C/c2ccc(F)cc2F)c1=O. The Morgan fingerprint density at radius 3 is 2.32 bits per heavy atom. The van der Waals surface area contributed by atoms with Crippen LogP contribution in [0.4, 0.5) is 8.78 Å². The molecule has 28 heavy (non-hydrogen) atoms. The summed E-state index contributed by atoms with van der Waals surface area (Å²) in [6, 6.07) is 12.1. The number of benzene rings is 2. The summed E-state index contributed by atoms with van der Waals surface area (Å²) < 4.78 is 28.8. The summed E-state index contributed by atoms with van der Waals surface area (Å²) in [6.07, 6.45) is 1.29. The number of para-hydroxylation sites is 1. The van der Waals surface area contributed by atoms with Crippen molar-refractivity contribution in [2.75, 3.05) is 0 Å². The van der Waals surface area contributed by atoms with Gasteiger partial charge in [-0.3, -0.25) is 9.36 Å². The predicted molar refractivity (Wildman–Crippen MR) is 103 cm³/mol. The minimum Gasteiger partial charge on any atom is -0.267 e. The normalized spacial score (nSPS) is 11.1. The lowest BCUT2D eigenvalue weighted by molar-refractivity contribution is 0.581. The third kappa shape index (κ3) is 3.36. The van der Waals surface area contributed by atoms with Crippen LogP contribution in [-0.4, -0.2) is 4.57 Å². The zero-order valence-electron chi connectivity index (χ0n) is 15.0. The fourth-order valence-electron chi connectivity index (χ4n) is 2.89. The molecule has 138 valence electrons. The molecule has 0 atom stereocenters. The molecule has 0 radical (unpaired) electrons.